The van der Waals surface area contributed by atoms with Crippen molar-refractivity contribution < 1.29 is 38.4 Å². The van der Waals surface area contributed by atoms with Crippen LogP contribution in [-0.4, -0.2) is 103 Å². The van der Waals surface area contributed by atoms with Gasteiger partial charge in [0.05, 0.1) is 24.2 Å². The fraction of sp³-hybridized carbons (Fsp3) is 0.391. The molecule has 7 aliphatic rings. The second-order valence-corrected chi connectivity index (χ2v) is 17.5. The van der Waals surface area contributed by atoms with E-state index in [2.05, 4.69) is 0 Å². The minimum atomic E-state index is -0.889. The second-order valence-electron chi connectivity index (χ2n) is 17.5. The zero-order valence-corrected chi connectivity index (χ0v) is 32.8. The Balaban J connectivity index is 0.949. The number of nitrogens with two attached hydrogens (primary N) is 2. The molecule has 14 heteroatoms. The molecule has 8 amide bonds. The van der Waals surface area contributed by atoms with Crippen LogP contribution in [0, 0.1) is 0 Å². The smallest absolute Gasteiger partial charge is 0.261 e. The van der Waals surface area contributed by atoms with Gasteiger partial charge in [0.25, 0.3) is 47.3 Å². The number of benzene rings is 4. The van der Waals surface area contributed by atoms with Gasteiger partial charge in [-0.15, -0.1) is 0 Å². The van der Waals surface area contributed by atoms with Crippen LogP contribution in [0.25, 0.3) is 21.5 Å². The summed E-state index contributed by atoms with van der Waals surface area (Å²) < 4.78 is 0. The summed E-state index contributed by atoms with van der Waals surface area (Å²) in [5, 5.41) is 1.01. The fourth-order valence-electron chi connectivity index (χ4n) is 11.6. The summed E-state index contributed by atoms with van der Waals surface area (Å²) in [5.74, 6) is -4.57. The molecule has 4 aliphatic heterocycles. The highest BCUT2D eigenvalue weighted by atomic mass is 16.2. The lowest BCUT2D eigenvalue weighted by atomic mass is 9.80. The fourth-order valence-corrected chi connectivity index (χ4v) is 11.6. The average Bonchev–Trinajstić information content (AvgIpc) is 3.25. The molecule has 3 aliphatic carbocycles. The third kappa shape index (κ3) is 4.82. The first-order chi connectivity index (χ1) is 29.0. The molecule has 4 aromatic rings. The van der Waals surface area contributed by atoms with E-state index in [9.17, 15) is 38.4 Å². The van der Waals surface area contributed by atoms with Crippen LogP contribution in [-0.2, 0) is 0 Å². The Morgan fingerprint density at radius 3 is 0.700 bits per heavy atom. The van der Waals surface area contributed by atoms with Crippen LogP contribution in [0.4, 0.5) is 0 Å². The summed E-state index contributed by atoms with van der Waals surface area (Å²) in [6.45, 7) is 0. The van der Waals surface area contributed by atoms with Crippen LogP contribution < -0.4 is 11.5 Å². The number of hydrogen-bond donors (Lipinski definition) is 2. The standard InChI is InChI=1S/C46H42N6O8/c47-29-7-1-3-9-31(29)49-39(53)21-13-17-25-37-26(18-14-22(35(21)37)40(49)54)44(58)51(43(25)57)33-11-5-6-12-34(33)52-45(59)27-19-15-23-36-24(16-20-28(38(27)36)46(52)60)42(56)50(41(23)55)32-10-4-2-8-30(32)48/h13-20,29-34H,1-12,47-48H2/t29-,30-,31-,32?,33-,34-/m1/s1. The van der Waals surface area contributed by atoms with E-state index in [1.807, 2.05) is 0 Å². The van der Waals surface area contributed by atoms with Crippen LogP contribution in [0.15, 0.2) is 48.5 Å². The molecule has 0 aromatic heterocycles. The lowest BCUT2D eigenvalue weighted by Gasteiger charge is -2.45. The summed E-state index contributed by atoms with van der Waals surface area (Å²) >= 11 is 0. The van der Waals surface area contributed by atoms with Crippen molar-refractivity contribution in [2.24, 2.45) is 11.5 Å². The van der Waals surface area contributed by atoms with Crippen molar-refractivity contribution in [3.05, 3.63) is 93.0 Å². The minimum absolute atomic E-state index is 0.149. The summed E-state index contributed by atoms with van der Waals surface area (Å²) in [5.41, 5.74) is 14.4. The molecule has 3 fully saturated rings. The number of hydrogen-bond acceptors (Lipinski definition) is 10. The van der Waals surface area contributed by atoms with Crippen molar-refractivity contribution in [1.82, 2.24) is 19.6 Å². The van der Waals surface area contributed by atoms with Crippen molar-refractivity contribution in [2.45, 2.75) is 113 Å². The Labute approximate surface area is 343 Å². The summed E-state index contributed by atoms with van der Waals surface area (Å²) in [7, 11) is 0. The van der Waals surface area contributed by atoms with Crippen LogP contribution >= 0.6 is 0 Å². The maximum absolute atomic E-state index is 14.7. The zero-order valence-electron chi connectivity index (χ0n) is 32.8. The molecule has 60 heavy (non-hydrogen) atoms. The SMILES string of the molecule is N[C@@H]1CCCCC1N1C(=O)c2ccc3c4c(ccc(c24)C1=O)C(=O)N([C@@H]1CCCC[C@H]1N1C(=O)c2ccc4c5c(ccc(c25)C1=O)C(=O)N([C@@H]1CCCC[C@H]1N)C4=O)C3=O. The normalized spacial score (nSPS) is 27.8. The lowest BCUT2D eigenvalue weighted by molar-refractivity contribution is 0.0241. The molecule has 0 spiro atoms. The number of carbonyl (C=O) groups is 8. The van der Waals surface area contributed by atoms with Crippen LogP contribution in [0.2, 0.25) is 0 Å². The largest absolute Gasteiger partial charge is 0.326 e. The van der Waals surface area contributed by atoms with Gasteiger partial charge in [-0.3, -0.25) is 58.0 Å². The predicted molar refractivity (Wildman–Crippen MR) is 216 cm³/mol. The van der Waals surface area contributed by atoms with Crippen molar-refractivity contribution in [3.63, 3.8) is 0 Å². The van der Waals surface area contributed by atoms with Gasteiger partial charge in [-0.2, -0.15) is 0 Å². The number of amides is 8. The Morgan fingerprint density at radius 2 is 0.483 bits per heavy atom. The van der Waals surface area contributed by atoms with Gasteiger partial charge in [-0.25, -0.2) is 0 Å². The Morgan fingerprint density at radius 1 is 0.300 bits per heavy atom. The third-order valence-corrected chi connectivity index (χ3v) is 14.5. The van der Waals surface area contributed by atoms with Gasteiger partial charge in [0.2, 0.25) is 0 Å². The van der Waals surface area contributed by atoms with Crippen molar-refractivity contribution in [2.75, 3.05) is 0 Å². The van der Waals surface area contributed by atoms with Crippen LogP contribution in [0.1, 0.15) is 160 Å². The maximum atomic E-state index is 14.7. The van der Waals surface area contributed by atoms with Gasteiger partial charge in [0, 0.05) is 78.1 Å². The molecule has 6 atom stereocenters. The zero-order chi connectivity index (χ0) is 41.5. The van der Waals surface area contributed by atoms with E-state index in [1.165, 1.54) is 58.3 Å². The van der Waals surface area contributed by atoms with Crippen molar-refractivity contribution in [1.29, 1.82) is 0 Å². The molecule has 1 unspecified atom stereocenters. The molecule has 4 N–H and O–H groups in total. The quantitative estimate of drug-likeness (QED) is 0.267. The molecular formula is C46H42N6O8. The summed E-state index contributed by atoms with van der Waals surface area (Å²) in [6.07, 6.45) is 7.99. The molecule has 4 heterocycles. The predicted octanol–water partition coefficient (Wildman–Crippen LogP) is 4.93. The summed E-state index contributed by atoms with van der Waals surface area (Å²) in [4.78, 5) is 120. The van der Waals surface area contributed by atoms with Crippen molar-refractivity contribution >= 4 is 68.8 Å². The first kappa shape index (κ1) is 36.9. The topological polar surface area (TPSA) is 202 Å². The first-order valence-electron chi connectivity index (χ1n) is 21.2. The van der Waals surface area contributed by atoms with E-state index >= 15 is 0 Å². The van der Waals surface area contributed by atoms with Gasteiger partial charge in [-0.1, -0.05) is 38.5 Å². The van der Waals surface area contributed by atoms with Gasteiger partial charge in [-0.05, 0) is 87.1 Å². The molecule has 0 saturated heterocycles. The summed E-state index contributed by atoms with van der Waals surface area (Å²) in [6, 6.07) is 8.84. The van der Waals surface area contributed by atoms with E-state index in [-0.39, 0.29) is 78.1 Å². The highest BCUT2D eigenvalue weighted by molar-refractivity contribution is 6.35. The number of rotatable bonds is 4. The number of nitrogens with zero attached hydrogens (tertiary/aromatic N) is 4. The van der Waals surface area contributed by atoms with E-state index in [1.54, 1.807) is 0 Å². The van der Waals surface area contributed by atoms with E-state index in [0.717, 1.165) is 35.5 Å². The number of carbonyl (C=O) groups excluding carboxylic acids is 8. The highest BCUT2D eigenvalue weighted by Crippen LogP contribution is 2.44. The third-order valence-electron chi connectivity index (χ3n) is 14.5. The van der Waals surface area contributed by atoms with Gasteiger partial charge in [0.1, 0.15) is 0 Å². The minimum Gasteiger partial charge on any atom is -0.326 e. The first-order valence-corrected chi connectivity index (χ1v) is 21.2. The molecule has 0 radical (unpaired) electrons. The average molecular weight is 807 g/mol. The monoisotopic (exact) mass is 806 g/mol. The molecule has 4 aromatic carbocycles. The van der Waals surface area contributed by atoms with Crippen LogP contribution in [0.5, 0.6) is 0 Å². The Bertz CT molecular complexity index is 2420. The van der Waals surface area contributed by atoms with Gasteiger partial charge >= 0.3 is 0 Å². The molecule has 0 bridgehead atoms. The van der Waals surface area contributed by atoms with E-state index in [4.69, 9.17) is 11.5 Å². The van der Waals surface area contributed by atoms with Crippen molar-refractivity contribution in [3.8, 4) is 0 Å². The number of imide groups is 4. The molecule has 14 nitrogen and oxygen atoms in total. The van der Waals surface area contributed by atoms with E-state index < -0.39 is 71.4 Å². The molecule has 11 rings (SSSR count). The van der Waals surface area contributed by atoms with Gasteiger partial charge in [0.15, 0.2) is 0 Å². The Kier molecular flexibility index (Phi) is 8.12. The molecule has 3 saturated carbocycles. The van der Waals surface area contributed by atoms with E-state index in [0.29, 0.717) is 51.4 Å². The lowest BCUT2D eigenvalue weighted by Crippen LogP contribution is -2.61. The second kappa shape index (κ2) is 13.2. The highest BCUT2D eigenvalue weighted by Gasteiger charge is 2.51. The molecular weight excluding hydrogens is 765 g/mol. The van der Waals surface area contributed by atoms with Gasteiger partial charge < -0.3 is 11.5 Å². The maximum Gasteiger partial charge on any atom is 0.261 e. The van der Waals surface area contributed by atoms with Crippen LogP contribution in [0.3, 0.4) is 0 Å². The molecule has 304 valence electrons. The Hall–Kier alpha value is -6.12.